The van der Waals surface area contributed by atoms with Gasteiger partial charge in [-0.2, -0.15) is 0 Å². The molecule has 0 aliphatic heterocycles. The van der Waals surface area contributed by atoms with Gasteiger partial charge in [-0.25, -0.2) is 9.78 Å². The van der Waals surface area contributed by atoms with Crippen LogP contribution in [0.15, 0.2) is 17.5 Å². The number of hydrogen-bond donors (Lipinski definition) is 0. The molecule has 0 radical (unpaired) electrons. The number of carbonyl (C=O) groups is 2. The van der Waals surface area contributed by atoms with Gasteiger partial charge in [0.25, 0.3) is 0 Å². The molecule has 2 aromatic rings. The van der Waals surface area contributed by atoms with E-state index in [1.54, 1.807) is 32.2 Å². The molecule has 118 valence electrons. The lowest BCUT2D eigenvalue weighted by molar-refractivity contribution is -0.118. The molecule has 0 fully saturated rings. The Morgan fingerprint density at radius 3 is 2.82 bits per heavy atom. The molecular formula is C15H18N2O3S2. The van der Waals surface area contributed by atoms with Gasteiger partial charge < -0.3 is 4.74 Å². The molecule has 0 aromatic carbocycles. The fraction of sp³-hybridized carbons (Fsp3) is 0.400. The minimum absolute atomic E-state index is 0.0161. The van der Waals surface area contributed by atoms with Crippen LogP contribution in [0.3, 0.4) is 0 Å². The molecule has 0 N–H and O–H groups in total. The quantitative estimate of drug-likeness (QED) is 0.758. The monoisotopic (exact) mass is 338 g/mol. The highest BCUT2D eigenvalue weighted by atomic mass is 32.1. The van der Waals surface area contributed by atoms with Gasteiger partial charge in [0.15, 0.2) is 5.13 Å². The first-order valence-electron chi connectivity index (χ1n) is 6.96. The van der Waals surface area contributed by atoms with Crippen molar-refractivity contribution in [1.82, 2.24) is 4.98 Å². The minimum atomic E-state index is -0.386. The smallest absolute Gasteiger partial charge is 0.350 e. The lowest BCUT2D eigenvalue weighted by Crippen LogP contribution is -2.26. The van der Waals surface area contributed by atoms with Gasteiger partial charge in [-0.05, 0) is 31.7 Å². The van der Waals surface area contributed by atoms with E-state index >= 15 is 0 Å². The van der Waals surface area contributed by atoms with Crippen molar-refractivity contribution >= 4 is 39.7 Å². The van der Waals surface area contributed by atoms with Crippen molar-refractivity contribution in [3.05, 3.63) is 33.0 Å². The van der Waals surface area contributed by atoms with Crippen LogP contribution in [-0.4, -0.2) is 30.5 Å². The lowest BCUT2D eigenvalue weighted by Gasteiger charge is -2.13. The maximum atomic E-state index is 12.2. The van der Waals surface area contributed by atoms with Crippen LogP contribution in [0.25, 0.3) is 0 Å². The molecule has 5 nitrogen and oxygen atoms in total. The van der Waals surface area contributed by atoms with Gasteiger partial charge in [-0.1, -0.05) is 17.4 Å². The van der Waals surface area contributed by atoms with Gasteiger partial charge in [0, 0.05) is 18.3 Å². The molecule has 0 aliphatic carbocycles. The summed E-state index contributed by atoms with van der Waals surface area (Å²) >= 11 is 2.83. The van der Waals surface area contributed by atoms with Crippen LogP contribution in [-0.2, 0) is 16.0 Å². The van der Waals surface area contributed by atoms with Crippen LogP contribution >= 0.6 is 22.7 Å². The number of thiazole rings is 1. The number of esters is 1. The Balaban J connectivity index is 2.02. The molecular weight excluding hydrogens is 320 g/mol. The Hall–Kier alpha value is -1.73. The number of rotatable bonds is 6. The van der Waals surface area contributed by atoms with Crippen LogP contribution in [0, 0.1) is 6.92 Å². The van der Waals surface area contributed by atoms with E-state index in [9.17, 15) is 9.59 Å². The van der Waals surface area contributed by atoms with Gasteiger partial charge in [-0.15, -0.1) is 11.3 Å². The van der Waals surface area contributed by atoms with Crippen LogP contribution < -0.4 is 4.90 Å². The first kappa shape index (κ1) is 16.6. The van der Waals surface area contributed by atoms with Gasteiger partial charge in [-0.3, -0.25) is 9.69 Å². The molecule has 0 unspecified atom stereocenters. The maximum absolute atomic E-state index is 12.2. The van der Waals surface area contributed by atoms with Crippen LogP contribution in [0.5, 0.6) is 0 Å². The second kappa shape index (κ2) is 7.51. The molecule has 0 spiro atoms. The number of hydrogen-bond acceptors (Lipinski definition) is 6. The van der Waals surface area contributed by atoms with Crippen LogP contribution in [0.1, 0.15) is 33.6 Å². The number of aryl methyl sites for hydroxylation is 2. The Bertz CT molecular complexity index is 650. The summed E-state index contributed by atoms with van der Waals surface area (Å²) in [6.07, 6.45) is 1.14. The SMILES string of the molecule is CCOC(=O)c1sc(N(C)C(=O)CCc2cccs2)nc1C. The standard InChI is InChI=1S/C15H18N2O3S2/c1-4-20-14(19)13-10(2)16-15(22-13)17(3)12(18)8-7-11-6-5-9-21-11/h5-6,9H,4,7-8H2,1-3H3. The highest BCUT2D eigenvalue weighted by Crippen LogP contribution is 2.26. The number of nitrogens with zero attached hydrogens (tertiary/aromatic N) is 2. The molecule has 2 rings (SSSR count). The molecule has 0 aliphatic rings. The van der Waals surface area contributed by atoms with Crippen LogP contribution in [0.2, 0.25) is 0 Å². The molecule has 22 heavy (non-hydrogen) atoms. The Kier molecular flexibility index (Phi) is 5.68. The third-order valence-corrected chi connectivity index (χ3v) is 5.22. The Morgan fingerprint density at radius 2 is 2.18 bits per heavy atom. The third-order valence-electron chi connectivity index (χ3n) is 3.07. The fourth-order valence-electron chi connectivity index (χ4n) is 1.87. The van der Waals surface area contributed by atoms with Gasteiger partial charge in [0.05, 0.1) is 12.3 Å². The highest BCUT2D eigenvalue weighted by Gasteiger charge is 2.21. The predicted molar refractivity (Wildman–Crippen MR) is 88.9 cm³/mol. The number of carbonyl (C=O) groups excluding carboxylic acids is 2. The summed E-state index contributed by atoms with van der Waals surface area (Å²) in [5.41, 5.74) is 0.594. The van der Waals surface area contributed by atoms with E-state index in [1.807, 2.05) is 17.5 Å². The first-order chi connectivity index (χ1) is 10.5. The highest BCUT2D eigenvalue weighted by molar-refractivity contribution is 7.17. The summed E-state index contributed by atoms with van der Waals surface area (Å²) in [4.78, 5) is 31.5. The van der Waals surface area contributed by atoms with E-state index in [4.69, 9.17) is 4.74 Å². The molecule has 7 heteroatoms. The zero-order valence-electron chi connectivity index (χ0n) is 12.8. The molecule has 2 heterocycles. The van der Waals surface area contributed by atoms with E-state index in [2.05, 4.69) is 4.98 Å². The van der Waals surface area contributed by atoms with Crippen molar-refractivity contribution in [3.63, 3.8) is 0 Å². The van der Waals surface area contributed by atoms with Crippen molar-refractivity contribution in [1.29, 1.82) is 0 Å². The molecule has 1 amide bonds. The summed E-state index contributed by atoms with van der Waals surface area (Å²) < 4.78 is 4.99. The average molecular weight is 338 g/mol. The number of anilines is 1. The van der Waals surface area contributed by atoms with E-state index < -0.39 is 0 Å². The number of aromatic nitrogens is 1. The molecule has 0 atom stereocenters. The van der Waals surface area contributed by atoms with E-state index in [0.29, 0.717) is 28.7 Å². The normalized spacial score (nSPS) is 10.5. The van der Waals surface area contributed by atoms with Crippen molar-refractivity contribution in [2.75, 3.05) is 18.6 Å². The average Bonchev–Trinajstić information content (AvgIpc) is 3.13. The lowest BCUT2D eigenvalue weighted by atomic mass is 10.2. The molecule has 0 bridgehead atoms. The maximum Gasteiger partial charge on any atom is 0.350 e. The second-order valence-electron chi connectivity index (χ2n) is 4.66. The molecule has 2 aromatic heterocycles. The van der Waals surface area contributed by atoms with E-state index in [-0.39, 0.29) is 11.9 Å². The Morgan fingerprint density at radius 1 is 1.41 bits per heavy atom. The summed E-state index contributed by atoms with van der Waals surface area (Å²) in [6, 6.07) is 3.99. The minimum Gasteiger partial charge on any atom is -0.462 e. The topological polar surface area (TPSA) is 59.5 Å². The zero-order chi connectivity index (χ0) is 16.1. The van der Waals surface area contributed by atoms with Crippen molar-refractivity contribution in [2.45, 2.75) is 26.7 Å². The predicted octanol–water partition coefficient (Wildman–Crippen LogP) is 3.29. The van der Waals surface area contributed by atoms with Gasteiger partial charge >= 0.3 is 5.97 Å². The van der Waals surface area contributed by atoms with Gasteiger partial charge in [0.1, 0.15) is 4.88 Å². The van der Waals surface area contributed by atoms with Gasteiger partial charge in [0.2, 0.25) is 5.91 Å². The Labute approximate surface area is 137 Å². The number of thiophene rings is 1. The second-order valence-corrected chi connectivity index (χ2v) is 6.67. The summed E-state index contributed by atoms with van der Waals surface area (Å²) in [5, 5.41) is 2.52. The first-order valence-corrected chi connectivity index (χ1v) is 8.66. The number of amides is 1. The van der Waals surface area contributed by atoms with E-state index in [0.717, 1.165) is 6.42 Å². The fourth-order valence-corrected chi connectivity index (χ4v) is 3.52. The summed E-state index contributed by atoms with van der Waals surface area (Å²) in [6.45, 7) is 3.83. The van der Waals surface area contributed by atoms with E-state index in [1.165, 1.54) is 21.1 Å². The summed E-state index contributed by atoms with van der Waals surface area (Å²) in [5.74, 6) is -0.402. The third kappa shape index (κ3) is 3.92. The van der Waals surface area contributed by atoms with Crippen molar-refractivity contribution in [3.8, 4) is 0 Å². The van der Waals surface area contributed by atoms with Crippen LogP contribution in [0.4, 0.5) is 5.13 Å². The summed E-state index contributed by atoms with van der Waals surface area (Å²) in [7, 11) is 1.68. The van der Waals surface area contributed by atoms with Crippen molar-refractivity contribution in [2.24, 2.45) is 0 Å². The number of ether oxygens (including phenoxy) is 1. The molecule has 0 saturated heterocycles. The van der Waals surface area contributed by atoms with Crippen molar-refractivity contribution < 1.29 is 14.3 Å². The zero-order valence-corrected chi connectivity index (χ0v) is 14.4. The molecule has 0 saturated carbocycles. The largest absolute Gasteiger partial charge is 0.462 e.